The Bertz CT molecular complexity index is 1140. The smallest absolute Gasteiger partial charge is 0.283 e. The van der Waals surface area contributed by atoms with Crippen LogP contribution < -0.4 is 20.1 Å². The van der Waals surface area contributed by atoms with E-state index in [1.807, 2.05) is 6.92 Å². The van der Waals surface area contributed by atoms with Crippen LogP contribution in [0.4, 0.5) is 17.1 Å². The van der Waals surface area contributed by atoms with Gasteiger partial charge in [0.1, 0.15) is 17.2 Å². The van der Waals surface area contributed by atoms with Crippen molar-refractivity contribution in [2.45, 2.75) is 6.92 Å². The van der Waals surface area contributed by atoms with E-state index in [2.05, 4.69) is 10.6 Å². The van der Waals surface area contributed by atoms with E-state index in [-0.39, 0.29) is 22.1 Å². The summed E-state index contributed by atoms with van der Waals surface area (Å²) in [6, 6.07) is 17.4. The van der Waals surface area contributed by atoms with Crippen LogP contribution in [0.2, 0.25) is 5.02 Å². The number of halogens is 1. The lowest BCUT2D eigenvalue weighted by Gasteiger charge is -2.11. The van der Waals surface area contributed by atoms with Crippen LogP contribution in [0.15, 0.2) is 66.7 Å². The van der Waals surface area contributed by atoms with Gasteiger partial charge in [0.15, 0.2) is 4.99 Å². The summed E-state index contributed by atoms with van der Waals surface area (Å²) < 4.78 is 11.1. The van der Waals surface area contributed by atoms with Crippen LogP contribution in [0.1, 0.15) is 6.92 Å². The van der Waals surface area contributed by atoms with Gasteiger partial charge in [-0.15, -0.1) is 0 Å². The molecule has 2 N–H and O–H groups in total. The van der Waals surface area contributed by atoms with Crippen molar-refractivity contribution in [1.29, 1.82) is 0 Å². The highest BCUT2D eigenvalue weighted by atomic mass is 35.5. The maximum absolute atomic E-state index is 12.5. The molecule has 3 rings (SSSR count). The van der Waals surface area contributed by atoms with Crippen LogP contribution >= 0.6 is 23.8 Å². The van der Waals surface area contributed by atoms with Gasteiger partial charge in [-0.2, -0.15) is 0 Å². The molecule has 0 saturated carbocycles. The first kappa shape index (κ1) is 23.0. The highest BCUT2D eigenvalue weighted by Gasteiger charge is 2.15. The Hall–Kier alpha value is -3.69. The molecule has 3 aromatic carbocycles. The number of nitrogens with zero attached hydrogens (tertiary/aromatic N) is 1. The number of nitro benzene ring substituents is 1. The summed E-state index contributed by atoms with van der Waals surface area (Å²) in [7, 11) is 0. The molecule has 32 heavy (non-hydrogen) atoms. The standard InChI is InChI=1S/C22H18ClN3O5S/c1-2-30-18-7-9-19(10-8-18)31-20-12-16(11-17(13-20)26(28)29)24-21(27)22(32)25-15-5-3-14(23)4-6-15/h3-13H,2H2,1H3,(H,24,27)(H,25,32). The van der Waals surface area contributed by atoms with Gasteiger partial charge in [0, 0.05) is 22.8 Å². The number of thiocarbonyl (C=S) groups is 1. The SMILES string of the molecule is CCOc1ccc(Oc2cc(NC(=O)C(=S)Nc3ccc(Cl)cc3)cc([N+](=O)[O-])c2)cc1. The summed E-state index contributed by atoms with van der Waals surface area (Å²) in [5.74, 6) is 0.664. The van der Waals surface area contributed by atoms with E-state index in [0.29, 0.717) is 28.8 Å². The van der Waals surface area contributed by atoms with E-state index in [1.165, 1.54) is 18.2 Å². The highest BCUT2D eigenvalue weighted by molar-refractivity contribution is 7.82. The number of carbonyl (C=O) groups is 1. The van der Waals surface area contributed by atoms with E-state index >= 15 is 0 Å². The molecule has 0 aliphatic heterocycles. The molecular weight excluding hydrogens is 454 g/mol. The lowest BCUT2D eigenvalue weighted by Crippen LogP contribution is -2.27. The third-order valence-electron chi connectivity index (χ3n) is 4.04. The molecule has 0 spiro atoms. The minimum absolute atomic E-state index is 0.118. The minimum Gasteiger partial charge on any atom is -0.494 e. The second-order valence-electron chi connectivity index (χ2n) is 6.39. The number of anilines is 2. The van der Waals surface area contributed by atoms with Gasteiger partial charge in [-0.25, -0.2) is 0 Å². The van der Waals surface area contributed by atoms with Gasteiger partial charge in [-0.3, -0.25) is 14.9 Å². The van der Waals surface area contributed by atoms with E-state index in [4.69, 9.17) is 33.3 Å². The zero-order chi connectivity index (χ0) is 23.1. The van der Waals surface area contributed by atoms with Gasteiger partial charge in [0.25, 0.3) is 11.6 Å². The van der Waals surface area contributed by atoms with Crippen molar-refractivity contribution in [2.75, 3.05) is 17.2 Å². The average molecular weight is 472 g/mol. The Balaban J connectivity index is 1.74. The largest absolute Gasteiger partial charge is 0.494 e. The fraction of sp³-hybridized carbons (Fsp3) is 0.0909. The van der Waals surface area contributed by atoms with Gasteiger partial charge < -0.3 is 20.1 Å². The van der Waals surface area contributed by atoms with Crippen molar-refractivity contribution in [3.8, 4) is 17.2 Å². The normalized spacial score (nSPS) is 10.2. The van der Waals surface area contributed by atoms with Crippen LogP contribution in [-0.4, -0.2) is 22.4 Å². The predicted octanol–water partition coefficient (Wildman–Crippen LogP) is 5.82. The summed E-state index contributed by atoms with van der Waals surface area (Å²) in [6.07, 6.45) is 0. The van der Waals surface area contributed by atoms with E-state index in [0.717, 1.165) is 0 Å². The molecule has 10 heteroatoms. The third kappa shape index (κ3) is 6.40. The van der Waals surface area contributed by atoms with Gasteiger partial charge >= 0.3 is 0 Å². The van der Waals surface area contributed by atoms with Gasteiger partial charge in [0.05, 0.1) is 23.3 Å². The first-order valence-corrected chi connectivity index (χ1v) is 10.2. The monoisotopic (exact) mass is 471 g/mol. The van der Waals surface area contributed by atoms with Crippen LogP contribution in [0.3, 0.4) is 0 Å². The molecule has 0 fully saturated rings. The number of rotatable bonds is 7. The molecule has 1 amide bonds. The van der Waals surface area contributed by atoms with Gasteiger partial charge in [0.2, 0.25) is 0 Å². The fourth-order valence-corrected chi connectivity index (χ4v) is 2.93. The molecule has 0 aromatic heterocycles. The first-order valence-electron chi connectivity index (χ1n) is 9.42. The highest BCUT2D eigenvalue weighted by Crippen LogP contribution is 2.30. The molecular formula is C22H18ClN3O5S. The summed E-state index contributed by atoms with van der Waals surface area (Å²) in [4.78, 5) is 23.1. The molecule has 3 aromatic rings. The number of hydrogen-bond donors (Lipinski definition) is 2. The summed E-state index contributed by atoms with van der Waals surface area (Å²) in [5, 5.41) is 17.2. The lowest BCUT2D eigenvalue weighted by atomic mass is 10.2. The van der Waals surface area contributed by atoms with Gasteiger partial charge in [-0.1, -0.05) is 23.8 Å². The quantitative estimate of drug-likeness (QED) is 0.254. The number of nitro groups is 1. The van der Waals surface area contributed by atoms with Crippen molar-refractivity contribution in [2.24, 2.45) is 0 Å². The summed E-state index contributed by atoms with van der Waals surface area (Å²) >= 11 is 11.0. The van der Waals surface area contributed by atoms with Crippen LogP contribution in [0.5, 0.6) is 17.2 Å². The van der Waals surface area contributed by atoms with E-state index in [9.17, 15) is 14.9 Å². The molecule has 0 aliphatic rings. The molecule has 0 aliphatic carbocycles. The van der Waals surface area contributed by atoms with Crippen LogP contribution in [-0.2, 0) is 4.79 Å². The van der Waals surface area contributed by atoms with Crippen molar-refractivity contribution in [3.05, 3.63) is 81.9 Å². The Morgan fingerprint density at radius 3 is 2.25 bits per heavy atom. The molecule has 0 radical (unpaired) electrons. The van der Waals surface area contributed by atoms with Crippen molar-refractivity contribution < 1.29 is 19.2 Å². The molecule has 164 valence electrons. The number of nitrogens with one attached hydrogen (secondary N) is 2. The predicted molar refractivity (Wildman–Crippen MR) is 127 cm³/mol. The van der Waals surface area contributed by atoms with Crippen molar-refractivity contribution >= 4 is 51.8 Å². The van der Waals surface area contributed by atoms with E-state index < -0.39 is 10.8 Å². The topological polar surface area (TPSA) is 103 Å². The lowest BCUT2D eigenvalue weighted by molar-refractivity contribution is -0.384. The molecule has 8 nitrogen and oxygen atoms in total. The first-order chi connectivity index (χ1) is 15.3. The number of hydrogen-bond acceptors (Lipinski definition) is 6. The second kappa shape index (κ2) is 10.6. The molecule has 0 saturated heterocycles. The molecule has 0 bridgehead atoms. The average Bonchev–Trinajstić information content (AvgIpc) is 2.76. The zero-order valence-electron chi connectivity index (χ0n) is 16.8. The summed E-state index contributed by atoms with van der Waals surface area (Å²) in [6.45, 7) is 2.41. The Morgan fingerprint density at radius 2 is 1.62 bits per heavy atom. The molecule has 0 atom stereocenters. The number of non-ortho nitro benzene ring substituents is 1. The second-order valence-corrected chi connectivity index (χ2v) is 7.24. The number of amides is 1. The maximum atomic E-state index is 12.5. The number of ether oxygens (including phenoxy) is 2. The summed E-state index contributed by atoms with van der Waals surface area (Å²) in [5.41, 5.74) is 0.485. The maximum Gasteiger partial charge on any atom is 0.283 e. The minimum atomic E-state index is -0.637. The Labute approximate surface area is 194 Å². The Morgan fingerprint density at radius 1 is 0.969 bits per heavy atom. The number of benzene rings is 3. The fourth-order valence-electron chi connectivity index (χ4n) is 2.64. The molecule has 0 heterocycles. The van der Waals surface area contributed by atoms with E-state index in [1.54, 1.807) is 48.5 Å². The zero-order valence-corrected chi connectivity index (χ0v) is 18.4. The van der Waals surface area contributed by atoms with Crippen molar-refractivity contribution in [3.63, 3.8) is 0 Å². The van der Waals surface area contributed by atoms with Crippen LogP contribution in [0.25, 0.3) is 0 Å². The number of carbonyl (C=O) groups excluding carboxylic acids is 1. The molecule has 0 unspecified atom stereocenters. The van der Waals surface area contributed by atoms with Crippen LogP contribution in [0, 0.1) is 10.1 Å². The Kier molecular flexibility index (Phi) is 7.58. The van der Waals surface area contributed by atoms with Crippen molar-refractivity contribution in [1.82, 2.24) is 0 Å². The third-order valence-corrected chi connectivity index (χ3v) is 4.58. The van der Waals surface area contributed by atoms with Gasteiger partial charge in [-0.05, 0) is 55.5 Å².